The van der Waals surface area contributed by atoms with Crippen molar-refractivity contribution in [3.63, 3.8) is 0 Å². The lowest BCUT2D eigenvalue weighted by Gasteiger charge is -2.32. The molecule has 0 aromatic carbocycles. The highest BCUT2D eigenvalue weighted by Crippen LogP contribution is 2.17. The molecule has 1 atom stereocenters. The molecular formula is C17H21N3O2S. The summed E-state index contributed by atoms with van der Waals surface area (Å²) in [6, 6.07) is 5.80. The van der Waals surface area contributed by atoms with Crippen LogP contribution >= 0.6 is 11.3 Å². The quantitative estimate of drug-likeness (QED) is 0.845. The smallest absolute Gasteiger partial charge is 0.228 e. The third-order valence-electron chi connectivity index (χ3n) is 3.92. The van der Waals surface area contributed by atoms with E-state index in [0.29, 0.717) is 19.6 Å². The van der Waals surface area contributed by atoms with Gasteiger partial charge in [0.15, 0.2) is 0 Å². The number of pyridine rings is 1. The first-order valence-electron chi connectivity index (χ1n) is 7.91. The van der Waals surface area contributed by atoms with Crippen LogP contribution in [0.2, 0.25) is 0 Å². The molecule has 5 nitrogen and oxygen atoms in total. The van der Waals surface area contributed by atoms with Crippen LogP contribution in [0.25, 0.3) is 0 Å². The highest BCUT2D eigenvalue weighted by atomic mass is 32.1. The minimum absolute atomic E-state index is 0.0897. The Bertz CT molecular complexity index is 644. The van der Waals surface area contributed by atoms with Crippen LogP contribution in [-0.2, 0) is 22.6 Å². The van der Waals surface area contributed by atoms with Crippen LogP contribution in [0.15, 0.2) is 29.8 Å². The molecule has 2 aromatic rings. The van der Waals surface area contributed by atoms with Gasteiger partial charge in [0.1, 0.15) is 0 Å². The number of ether oxygens (including phenoxy) is 1. The molecule has 6 heteroatoms. The fourth-order valence-corrected chi connectivity index (χ4v) is 3.36. The Hall–Kier alpha value is -1.79. The van der Waals surface area contributed by atoms with E-state index in [0.717, 1.165) is 35.8 Å². The van der Waals surface area contributed by atoms with Gasteiger partial charge in [0, 0.05) is 24.7 Å². The lowest BCUT2D eigenvalue weighted by atomic mass is 10.1. The predicted molar refractivity (Wildman–Crippen MR) is 89.2 cm³/mol. The van der Waals surface area contributed by atoms with Gasteiger partial charge in [-0.1, -0.05) is 6.07 Å². The van der Waals surface area contributed by atoms with Crippen molar-refractivity contribution in [2.24, 2.45) is 0 Å². The third kappa shape index (κ3) is 4.59. The van der Waals surface area contributed by atoms with Gasteiger partial charge in [-0.2, -0.15) is 0 Å². The lowest BCUT2D eigenvalue weighted by molar-refractivity contribution is -0.135. The first-order valence-corrected chi connectivity index (χ1v) is 8.79. The van der Waals surface area contributed by atoms with Crippen molar-refractivity contribution in [3.8, 4) is 0 Å². The second-order valence-corrected chi connectivity index (χ2v) is 6.83. The number of carbonyl (C=O) groups excluding carboxylic acids is 1. The van der Waals surface area contributed by atoms with Crippen molar-refractivity contribution in [2.75, 3.05) is 13.1 Å². The van der Waals surface area contributed by atoms with E-state index >= 15 is 0 Å². The molecule has 1 aliphatic rings. The third-order valence-corrected chi connectivity index (χ3v) is 4.75. The summed E-state index contributed by atoms with van der Waals surface area (Å²) in [6.45, 7) is 3.93. The number of nitrogens with zero attached hydrogens (tertiary/aromatic N) is 3. The van der Waals surface area contributed by atoms with Gasteiger partial charge in [0.2, 0.25) is 5.91 Å². The molecule has 1 saturated heterocycles. The molecule has 0 radical (unpaired) electrons. The maximum Gasteiger partial charge on any atom is 0.228 e. The molecule has 1 fully saturated rings. The molecule has 0 aliphatic carbocycles. The zero-order valence-corrected chi connectivity index (χ0v) is 14.1. The van der Waals surface area contributed by atoms with Gasteiger partial charge in [-0.05, 0) is 31.9 Å². The van der Waals surface area contributed by atoms with Crippen LogP contribution in [0.1, 0.15) is 29.2 Å². The van der Waals surface area contributed by atoms with E-state index in [1.54, 1.807) is 17.5 Å². The fourth-order valence-electron chi connectivity index (χ4n) is 2.74. The summed E-state index contributed by atoms with van der Waals surface area (Å²) >= 11 is 1.59. The average Bonchev–Trinajstić information content (AvgIpc) is 2.99. The monoisotopic (exact) mass is 331 g/mol. The first-order chi connectivity index (χ1) is 11.2. The van der Waals surface area contributed by atoms with Gasteiger partial charge in [0.25, 0.3) is 0 Å². The Morgan fingerprint density at radius 3 is 3.09 bits per heavy atom. The Kier molecular flexibility index (Phi) is 5.35. The maximum atomic E-state index is 12.4. The minimum Gasteiger partial charge on any atom is -0.370 e. The van der Waals surface area contributed by atoms with Crippen molar-refractivity contribution in [1.82, 2.24) is 14.9 Å². The van der Waals surface area contributed by atoms with Crippen molar-refractivity contribution >= 4 is 17.2 Å². The second-order valence-electron chi connectivity index (χ2n) is 5.77. The highest BCUT2D eigenvalue weighted by molar-refractivity contribution is 7.09. The zero-order valence-electron chi connectivity index (χ0n) is 13.3. The Morgan fingerprint density at radius 1 is 1.43 bits per heavy atom. The number of carbonyl (C=O) groups is 1. The van der Waals surface area contributed by atoms with Crippen LogP contribution < -0.4 is 0 Å². The SMILES string of the molecule is Cc1nc(CC(=O)N2CCC[C@H](OCc3ccccn3)C2)cs1. The second kappa shape index (κ2) is 7.66. The van der Waals surface area contributed by atoms with Crippen LogP contribution in [0.3, 0.4) is 0 Å². The van der Waals surface area contributed by atoms with E-state index in [-0.39, 0.29) is 12.0 Å². The van der Waals surface area contributed by atoms with E-state index in [1.165, 1.54) is 0 Å². The normalized spacial score (nSPS) is 18.1. The molecule has 2 aromatic heterocycles. The fraction of sp³-hybridized carbons (Fsp3) is 0.471. The molecule has 1 amide bonds. The number of aryl methyl sites for hydroxylation is 1. The number of rotatable bonds is 5. The average molecular weight is 331 g/mol. The van der Waals surface area contributed by atoms with Crippen LogP contribution in [0.5, 0.6) is 0 Å². The van der Waals surface area contributed by atoms with Crippen LogP contribution in [0.4, 0.5) is 0 Å². The number of thiazole rings is 1. The lowest BCUT2D eigenvalue weighted by Crippen LogP contribution is -2.43. The maximum absolute atomic E-state index is 12.4. The van der Waals surface area contributed by atoms with E-state index in [2.05, 4.69) is 9.97 Å². The predicted octanol–water partition coefficient (Wildman–Crippen LogP) is 2.60. The van der Waals surface area contributed by atoms with Crippen molar-refractivity contribution in [3.05, 3.63) is 46.2 Å². The van der Waals surface area contributed by atoms with Gasteiger partial charge >= 0.3 is 0 Å². The van der Waals surface area contributed by atoms with Gasteiger partial charge < -0.3 is 9.64 Å². The van der Waals surface area contributed by atoms with Gasteiger partial charge in [-0.3, -0.25) is 9.78 Å². The van der Waals surface area contributed by atoms with E-state index in [1.807, 2.05) is 35.4 Å². The largest absolute Gasteiger partial charge is 0.370 e. The van der Waals surface area contributed by atoms with Gasteiger partial charge in [0.05, 0.1) is 35.5 Å². The standard InChI is InChI=1S/C17H21N3O2S/c1-13-19-15(12-23-13)9-17(21)20-8-4-6-16(10-20)22-11-14-5-2-3-7-18-14/h2-3,5,7,12,16H,4,6,8-11H2,1H3/t16-/m0/s1. The molecule has 0 bridgehead atoms. The summed E-state index contributed by atoms with van der Waals surface area (Å²) < 4.78 is 5.93. The number of likely N-dealkylation sites (tertiary alicyclic amines) is 1. The molecule has 0 N–H and O–H groups in total. The molecule has 0 spiro atoms. The molecule has 1 aliphatic heterocycles. The van der Waals surface area contributed by atoms with E-state index in [4.69, 9.17) is 4.74 Å². The Balaban J connectivity index is 1.50. The zero-order chi connectivity index (χ0) is 16.1. The van der Waals surface area contributed by atoms with Crippen molar-refractivity contribution in [2.45, 2.75) is 38.9 Å². The topological polar surface area (TPSA) is 55.3 Å². The summed E-state index contributed by atoms with van der Waals surface area (Å²) in [6.07, 6.45) is 4.22. The molecular weight excluding hydrogens is 310 g/mol. The van der Waals surface area contributed by atoms with Gasteiger partial charge in [-0.15, -0.1) is 11.3 Å². The number of amides is 1. The summed E-state index contributed by atoms with van der Waals surface area (Å²) in [5, 5.41) is 2.97. The summed E-state index contributed by atoms with van der Waals surface area (Å²) in [7, 11) is 0. The first kappa shape index (κ1) is 16.1. The van der Waals surface area contributed by atoms with Crippen molar-refractivity contribution in [1.29, 1.82) is 0 Å². The minimum atomic E-state index is 0.0897. The molecule has 23 heavy (non-hydrogen) atoms. The molecule has 3 rings (SSSR count). The number of piperidine rings is 1. The summed E-state index contributed by atoms with van der Waals surface area (Å²) in [5.41, 5.74) is 1.79. The summed E-state index contributed by atoms with van der Waals surface area (Å²) in [5.74, 6) is 0.140. The van der Waals surface area contributed by atoms with Crippen molar-refractivity contribution < 1.29 is 9.53 Å². The number of hydrogen-bond acceptors (Lipinski definition) is 5. The Labute approximate surface area is 140 Å². The molecule has 0 saturated carbocycles. The molecule has 0 unspecified atom stereocenters. The van der Waals surface area contributed by atoms with E-state index in [9.17, 15) is 4.79 Å². The number of aromatic nitrogens is 2. The number of hydrogen-bond donors (Lipinski definition) is 0. The van der Waals surface area contributed by atoms with Crippen LogP contribution in [0, 0.1) is 6.92 Å². The Morgan fingerprint density at radius 2 is 2.35 bits per heavy atom. The molecule has 3 heterocycles. The van der Waals surface area contributed by atoms with Gasteiger partial charge in [-0.25, -0.2) is 4.98 Å². The summed E-state index contributed by atoms with van der Waals surface area (Å²) in [4.78, 5) is 23.0. The molecule has 122 valence electrons. The van der Waals surface area contributed by atoms with Crippen LogP contribution in [-0.4, -0.2) is 40.0 Å². The van der Waals surface area contributed by atoms with E-state index < -0.39 is 0 Å². The highest BCUT2D eigenvalue weighted by Gasteiger charge is 2.24.